The maximum Gasteiger partial charge on any atom is 0.240 e. The van der Waals surface area contributed by atoms with Gasteiger partial charge < -0.3 is 10.6 Å². The van der Waals surface area contributed by atoms with Crippen LogP contribution in [0.5, 0.6) is 0 Å². The lowest BCUT2D eigenvalue weighted by atomic mass is 9.88. The Kier molecular flexibility index (Phi) is 5.66. The highest BCUT2D eigenvalue weighted by molar-refractivity contribution is 5.86. The minimum atomic E-state index is -0.656. The molecule has 0 spiro atoms. The molecular formula is C23H26F2N2O. The maximum atomic E-state index is 14.3. The summed E-state index contributed by atoms with van der Waals surface area (Å²) in [6, 6.07) is 11.9. The molecule has 0 fully saturated rings. The van der Waals surface area contributed by atoms with Crippen molar-refractivity contribution in [3.63, 3.8) is 0 Å². The van der Waals surface area contributed by atoms with Crippen molar-refractivity contribution < 1.29 is 13.6 Å². The van der Waals surface area contributed by atoms with Crippen LogP contribution in [0.3, 0.4) is 0 Å². The van der Waals surface area contributed by atoms with Gasteiger partial charge >= 0.3 is 0 Å². The maximum absolute atomic E-state index is 14.3. The standard InChI is InChI=1S/C23H26F2N2O/c1-23(2,3)13-20(26)22(28)27-14-16(18-12-17(24)9-10-19(18)25)11-21(27)15-7-5-4-6-8-15/h4-12,20-21H,13-14,26H2,1-3H3/t20-,21-/m0/s1. The molecule has 2 atom stereocenters. The molecule has 0 unspecified atom stereocenters. The minimum absolute atomic E-state index is 0.0953. The Morgan fingerprint density at radius 1 is 1.18 bits per heavy atom. The van der Waals surface area contributed by atoms with Crippen LogP contribution in [-0.2, 0) is 4.79 Å². The topological polar surface area (TPSA) is 46.3 Å². The van der Waals surface area contributed by atoms with E-state index in [1.807, 2.05) is 57.2 Å². The SMILES string of the molecule is CC(C)(C)C[C@H](N)C(=O)N1CC(c2cc(F)ccc2F)=C[C@H]1c1ccccc1. The molecule has 1 aliphatic rings. The zero-order chi connectivity index (χ0) is 20.5. The molecule has 0 radical (unpaired) electrons. The van der Waals surface area contributed by atoms with Crippen LogP contribution in [0.25, 0.3) is 5.57 Å². The molecule has 2 aromatic carbocycles. The Bertz CT molecular complexity index is 887. The number of carbonyl (C=O) groups is 1. The van der Waals surface area contributed by atoms with E-state index in [2.05, 4.69) is 0 Å². The Balaban J connectivity index is 1.96. The van der Waals surface area contributed by atoms with Crippen molar-refractivity contribution in [2.45, 2.75) is 39.3 Å². The zero-order valence-corrected chi connectivity index (χ0v) is 16.5. The van der Waals surface area contributed by atoms with Crippen LogP contribution in [-0.4, -0.2) is 23.4 Å². The van der Waals surface area contributed by atoms with E-state index in [0.717, 1.165) is 17.7 Å². The highest BCUT2D eigenvalue weighted by Gasteiger charge is 2.35. The van der Waals surface area contributed by atoms with E-state index in [1.165, 1.54) is 6.07 Å². The van der Waals surface area contributed by atoms with Crippen LogP contribution < -0.4 is 5.73 Å². The Labute approximate surface area is 164 Å². The molecule has 1 amide bonds. The Morgan fingerprint density at radius 2 is 1.86 bits per heavy atom. The lowest BCUT2D eigenvalue weighted by Crippen LogP contribution is -2.45. The largest absolute Gasteiger partial charge is 0.326 e. The van der Waals surface area contributed by atoms with Crippen LogP contribution in [0.1, 0.15) is 44.4 Å². The second-order valence-corrected chi connectivity index (χ2v) is 8.51. The van der Waals surface area contributed by atoms with Gasteiger partial charge in [0.05, 0.1) is 12.1 Å². The predicted molar refractivity (Wildman–Crippen MR) is 107 cm³/mol. The first-order valence-corrected chi connectivity index (χ1v) is 9.43. The van der Waals surface area contributed by atoms with E-state index in [9.17, 15) is 13.6 Å². The van der Waals surface area contributed by atoms with Crippen molar-refractivity contribution in [3.05, 3.63) is 77.4 Å². The summed E-state index contributed by atoms with van der Waals surface area (Å²) < 4.78 is 28.0. The highest BCUT2D eigenvalue weighted by atomic mass is 19.1. The van der Waals surface area contributed by atoms with Gasteiger partial charge in [0.2, 0.25) is 5.91 Å². The van der Waals surface area contributed by atoms with Crippen LogP contribution >= 0.6 is 0 Å². The van der Waals surface area contributed by atoms with Gasteiger partial charge in [0.1, 0.15) is 11.6 Å². The third kappa shape index (κ3) is 4.47. The molecule has 5 heteroatoms. The van der Waals surface area contributed by atoms with Crippen LogP contribution in [0, 0.1) is 17.0 Å². The van der Waals surface area contributed by atoms with Gasteiger partial charge in [-0.25, -0.2) is 8.78 Å². The third-order valence-corrected chi connectivity index (χ3v) is 4.88. The van der Waals surface area contributed by atoms with E-state index < -0.39 is 17.7 Å². The fraction of sp³-hybridized carbons (Fsp3) is 0.348. The Morgan fingerprint density at radius 3 is 2.50 bits per heavy atom. The number of hydrogen-bond acceptors (Lipinski definition) is 2. The second-order valence-electron chi connectivity index (χ2n) is 8.51. The van der Waals surface area contributed by atoms with Gasteiger partial charge in [-0.05, 0) is 41.2 Å². The molecular weight excluding hydrogens is 358 g/mol. The fourth-order valence-corrected chi connectivity index (χ4v) is 3.64. The van der Waals surface area contributed by atoms with Gasteiger partial charge in [-0.1, -0.05) is 57.2 Å². The van der Waals surface area contributed by atoms with Gasteiger partial charge in [0.25, 0.3) is 0 Å². The molecule has 1 aliphatic heterocycles. The van der Waals surface area contributed by atoms with Crippen LogP contribution in [0.2, 0.25) is 0 Å². The molecule has 2 N–H and O–H groups in total. The summed E-state index contributed by atoms with van der Waals surface area (Å²) in [4.78, 5) is 14.8. The van der Waals surface area contributed by atoms with E-state index in [4.69, 9.17) is 5.73 Å². The Hall–Kier alpha value is -2.53. The third-order valence-electron chi connectivity index (χ3n) is 4.88. The van der Waals surface area contributed by atoms with Crippen molar-refractivity contribution in [1.29, 1.82) is 0 Å². The molecule has 0 aromatic heterocycles. The van der Waals surface area contributed by atoms with Gasteiger partial charge in [-0.3, -0.25) is 4.79 Å². The lowest BCUT2D eigenvalue weighted by Gasteiger charge is -2.30. The summed E-state index contributed by atoms with van der Waals surface area (Å²) in [6.45, 7) is 6.29. The number of halogens is 2. The number of amides is 1. The summed E-state index contributed by atoms with van der Waals surface area (Å²) in [7, 11) is 0. The van der Waals surface area contributed by atoms with Gasteiger partial charge in [-0.2, -0.15) is 0 Å². The highest BCUT2D eigenvalue weighted by Crippen LogP contribution is 2.36. The summed E-state index contributed by atoms with van der Waals surface area (Å²) >= 11 is 0. The van der Waals surface area contributed by atoms with Crippen molar-refractivity contribution >= 4 is 11.5 Å². The smallest absolute Gasteiger partial charge is 0.240 e. The molecule has 3 nitrogen and oxygen atoms in total. The van der Waals surface area contributed by atoms with Crippen molar-refractivity contribution in [2.24, 2.45) is 11.1 Å². The van der Waals surface area contributed by atoms with Gasteiger partial charge in [0.15, 0.2) is 0 Å². The number of benzene rings is 2. The van der Waals surface area contributed by atoms with E-state index in [0.29, 0.717) is 12.0 Å². The summed E-state index contributed by atoms with van der Waals surface area (Å²) in [5.41, 5.74) is 7.79. The molecule has 2 aromatic rings. The van der Waals surface area contributed by atoms with E-state index in [1.54, 1.807) is 4.90 Å². The lowest BCUT2D eigenvalue weighted by molar-refractivity contribution is -0.133. The molecule has 0 saturated heterocycles. The molecule has 28 heavy (non-hydrogen) atoms. The predicted octanol–water partition coefficient (Wildman–Crippen LogP) is 4.70. The number of rotatable bonds is 4. The molecule has 148 valence electrons. The number of hydrogen-bond donors (Lipinski definition) is 1. The monoisotopic (exact) mass is 384 g/mol. The first kappa shape index (κ1) is 20.2. The summed E-state index contributed by atoms with van der Waals surface area (Å²) in [6.07, 6.45) is 2.36. The average molecular weight is 384 g/mol. The first-order chi connectivity index (χ1) is 13.2. The normalized spacial score (nSPS) is 18.1. The summed E-state index contributed by atoms with van der Waals surface area (Å²) in [5.74, 6) is -1.21. The fourth-order valence-electron chi connectivity index (χ4n) is 3.64. The minimum Gasteiger partial charge on any atom is -0.326 e. The zero-order valence-electron chi connectivity index (χ0n) is 16.5. The number of carbonyl (C=O) groups excluding carboxylic acids is 1. The molecule has 0 saturated carbocycles. The van der Waals surface area contributed by atoms with Gasteiger partial charge in [-0.15, -0.1) is 0 Å². The number of nitrogens with zero attached hydrogens (tertiary/aromatic N) is 1. The van der Waals surface area contributed by atoms with Crippen LogP contribution in [0.15, 0.2) is 54.6 Å². The molecule has 3 rings (SSSR count). The average Bonchev–Trinajstić information content (AvgIpc) is 3.07. The first-order valence-electron chi connectivity index (χ1n) is 9.43. The van der Waals surface area contributed by atoms with E-state index >= 15 is 0 Å². The molecule has 0 aliphatic carbocycles. The van der Waals surface area contributed by atoms with Crippen molar-refractivity contribution in [2.75, 3.05) is 6.54 Å². The second kappa shape index (κ2) is 7.84. The molecule has 1 heterocycles. The van der Waals surface area contributed by atoms with Crippen LogP contribution in [0.4, 0.5) is 8.78 Å². The van der Waals surface area contributed by atoms with Gasteiger partial charge in [0, 0.05) is 12.1 Å². The van der Waals surface area contributed by atoms with E-state index in [-0.39, 0.29) is 29.5 Å². The van der Waals surface area contributed by atoms with Crippen molar-refractivity contribution in [3.8, 4) is 0 Å². The van der Waals surface area contributed by atoms with Crippen molar-refractivity contribution in [1.82, 2.24) is 4.90 Å². The quantitative estimate of drug-likeness (QED) is 0.831. The summed E-state index contributed by atoms with van der Waals surface area (Å²) in [5, 5.41) is 0. The molecule has 0 bridgehead atoms. The number of nitrogens with two attached hydrogens (primary N) is 1.